The van der Waals surface area contributed by atoms with Crippen molar-refractivity contribution in [2.75, 3.05) is 26.8 Å². The van der Waals surface area contributed by atoms with Crippen molar-refractivity contribution in [2.45, 2.75) is 75.5 Å². The van der Waals surface area contributed by atoms with Gasteiger partial charge in [-0.3, -0.25) is 0 Å². The average molecular weight is 427 g/mol. The molecule has 0 N–H and O–H groups in total. The normalized spacial score (nSPS) is 47.6. The zero-order valence-electron chi connectivity index (χ0n) is 18.0. The minimum absolute atomic E-state index is 0.0478. The van der Waals surface area contributed by atoms with Gasteiger partial charge in [-0.25, -0.2) is 13.6 Å². The van der Waals surface area contributed by atoms with Gasteiger partial charge in [0, 0.05) is 20.2 Å². The fourth-order valence-electron chi connectivity index (χ4n) is 5.93. The van der Waals surface area contributed by atoms with Gasteiger partial charge in [0.1, 0.15) is 23.4 Å². The molecule has 8 heteroatoms. The van der Waals surface area contributed by atoms with Gasteiger partial charge in [0.15, 0.2) is 0 Å². The number of fused-ring (bicyclic) bond motifs is 1. The van der Waals surface area contributed by atoms with Gasteiger partial charge in [-0.05, 0) is 40.0 Å². The topological polar surface area (TPSA) is 63.8 Å². The Balaban J connectivity index is 1.27. The maximum atomic E-state index is 13.5. The molecule has 3 heterocycles. The largest absolute Gasteiger partial charge is 0.443 e. The van der Waals surface area contributed by atoms with Crippen molar-refractivity contribution in [3.8, 4) is 0 Å². The van der Waals surface area contributed by atoms with Crippen LogP contribution < -0.4 is 0 Å². The molecule has 1 amide bonds. The van der Waals surface area contributed by atoms with Gasteiger partial charge in [-0.1, -0.05) is 11.6 Å². The number of carbonyl (C=O) groups excluding carboxylic acids is 1. The number of hydrogen-bond donors (Lipinski definition) is 0. The van der Waals surface area contributed by atoms with E-state index >= 15 is 0 Å². The van der Waals surface area contributed by atoms with Crippen LogP contribution in [0.25, 0.3) is 0 Å². The zero-order chi connectivity index (χ0) is 21.5. The lowest BCUT2D eigenvalue weighted by Gasteiger charge is -2.43. The summed E-state index contributed by atoms with van der Waals surface area (Å²) < 4.78 is 50.7. The third-order valence-electron chi connectivity index (χ3n) is 7.95. The molecule has 3 aliphatic heterocycles. The second kappa shape index (κ2) is 6.62. The van der Waals surface area contributed by atoms with E-state index in [0.717, 1.165) is 12.8 Å². The highest BCUT2D eigenvalue weighted by molar-refractivity contribution is 5.69. The summed E-state index contributed by atoms with van der Waals surface area (Å²) in [4.78, 5) is 14.1. The number of epoxide rings is 2. The highest BCUT2D eigenvalue weighted by Gasteiger charge is 2.74. The molecule has 1 spiro atoms. The number of rotatable bonds is 5. The molecule has 0 aromatic rings. The van der Waals surface area contributed by atoms with Gasteiger partial charge in [-0.2, -0.15) is 0 Å². The fraction of sp³-hybridized carbons (Fsp3) is 0.864. The smallest absolute Gasteiger partial charge is 0.410 e. The molecule has 30 heavy (non-hydrogen) atoms. The van der Waals surface area contributed by atoms with Crippen LogP contribution >= 0.6 is 0 Å². The summed E-state index contributed by atoms with van der Waals surface area (Å²) in [6.45, 7) is 7.04. The van der Waals surface area contributed by atoms with Crippen molar-refractivity contribution in [1.29, 1.82) is 0 Å². The molecule has 3 saturated heterocycles. The molecule has 2 aliphatic carbocycles. The van der Waals surface area contributed by atoms with E-state index in [0.29, 0.717) is 13.0 Å². The van der Waals surface area contributed by atoms with E-state index in [1.807, 2.05) is 0 Å². The Morgan fingerprint density at radius 1 is 1.27 bits per heavy atom. The first-order valence-electron chi connectivity index (χ1n) is 10.9. The van der Waals surface area contributed by atoms with Gasteiger partial charge >= 0.3 is 6.09 Å². The molecule has 0 aromatic carbocycles. The highest BCUT2D eigenvalue weighted by Crippen LogP contribution is 2.61. The number of amides is 1. The SMILES string of the molecule is CO[C@H]1C([C@@]2(C)O[C@@H]2CC=C(C)C)[C@]2(CC[C@H]1OC(=O)N1CC3C(C1)C3(F)F)CO2. The number of halogens is 2. The summed E-state index contributed by atoms with van der Waals surface area (Å²) >= 11 is 0. The number of hydrogen-bond acceptors (Lipinski definition) is 5. The van der Waals surface area contributed by atoms with Crippen LogP contribution in [0.5, 0.6) is 0 Å². The number of nitrogens with zero attached hydrogens (tertiary/aromatic N) is 1. The number of allylic oxidation sites excluding steroid dienone is 1. The van der Waals surface area contributed by atoms with Gasteiger partial charge < -0.3 is 23.8 Å². The number of piperidine rings is 1. The van der Waals surface area contributed by atoms with Crippen LogP contribution in [0.15, 0.2) is 11.6 Å². The molecule has 5 aliphatic rings. The number of carbonyl (C=O) groups is 1. The Bertz CT molecular complexity index is 751. The van der Waals surface area contributed by atoms with Crippen LogP contribution in [0.4, 0.5) is 13.6 Å². The van der Waals surface area contributed by atoms with Crippen LogP contribution in [-0.2, 0) is 18.9 Å². The lowest BCUT2D eigenvalue weighted by atomic mass is 9.68. The Kier molecular flexibility index (Phi) is 4.56. The third-order valence-corrected chi connectivity index (χ3v) is 7.95. The van der Waals surface area contributed by atoms with Gasteiger partial charge in [0.05, 0.1) is 30.5 Å². The van der Waals surface area contributed by atoms with Gasteiger partial charge in [-0.15, -0.1) is 0 Å². The van der Waals surface area contributed by atoms with Crippen LogP contribution in [-0.4, -0.2) is 73.2 Å². The van der Waals surface area contributed by atoms with Crippen LogP contribution in [0, 0.1) is 17.8 Å². The standard InChI is InChI=1S/C22H31F2NO5/c1-12(2)5-6-16-20(3,30-16)18-17(27-4)15(7-8-21(18)11-28-21)29-19(26)25-9-13-14(10-25)22(13,23)24/h5,13-18H,6-11H2,1-4H3/t13?,14?,15-,16-,17-,18?,20+,21+/m1/s1. The molecule has 0 aromatic heterocycles. The van der Waals surface area contributed by atoms with Crippen molar-refractivity contribution in [3.05, 3.63) is 11.6 Å². The predicted octanol–water partition coefficient (Wildman–Crippen LogP) is 3.40. The first-order valence-corrected chi connectivity index (χ1v) is 10.9. The van der Waals surface area contributed by atoms with Crippen molar-refractivity contribution in [2.24, 2.45) is 17.8 Å². The summed E-state index contributed by atoms with van der Waals surface area (Å²) in [6.07, 6.45) is 3.18. The minimum Gasteiger partial charge on any atom is -0.443 e. The van der Waals surface area contributed by atoms with Crippen molar-refractivity contribution in [1.82, 2.24) is 4.90 Å². The van der Waals surface area contributed by atoms with E-state index in [4.69, 9.17) is 18.9 Å². The van der Waals surface area contributed by atoms with Gasteiger partial charge in [0.25, 0.3) is 5.92 Å². The number of alkyl halides is 2. The summed E-state index contributed by atoms with van der Waals surface area (Å²) in [5.41, 5.74) is 0.569. The highest BCUT2D eigenvalue weighted by atomic mass is 19.3. The number of methoxy groups -OCH3 is 1. The van der Waals surface area contributed by atoms with Crippen LogP contribution in [0.1, 0.15) is 40.0 Å². The maximum absolute atomic E-state index is 13.5. The Labute approximate surface area is 175 Å². The van der Waals surface area contributed by atoms with Gasteiger partial charge in [0.2, 0.25) is 0 Å². The average Bonchev–Trinajstić information content (AvgIpc) is 3.61. The second-order valence-electron chi connectivity index (χ2n) is 10.1. The number of likely N-dealkylation sites (tertiary alicyclic amines) is 1. The van der Waals surface area contributed by atoms with Crippen LogP contribution in [0.3, 0.4) is 0 Å². The fourth-order valence-corrected chi connectivity index (χ4v) is 5.93. The first-order chi connectivity index (χ1) is 14.1. The van der Waals surface area contributed by atoms with Crippen LogP contribution in [0.2, 0.25) is 0 Å². The Morgan fingerprint density at radius 3 is 2.50 bits per heavy atom. The minimum atomic E-state index is -2.62. The molecule has 0 radical (unpaired) electrons. The van der Waals surface area contributed by atoms with E-state index in [1.165, 1.54) is 10.5 Å². The lowest BCUT2D eigenvalue weighted by molar-refractivity contribution is -0.122. The van der Waals surface area contributed by atoms with E-state index in [2.05, 4.69) is 26.8 Å². The molecule has 0 bridgehead atoms. The van der Waals surface area contributed by atoms with E-state index in [1.54, 1.807) is 7.11 Å². The zero-order valence-corrected chi connectivity index (χ0v) is 18.0. The summed E-state index contributed by atoms with van der Waals surface area (Å²) in [5, 5.41) is 0. The molecule has 5 rings (SSSR count). The third kappa shape index (κ3) is 3.09. The van der Waals surface area contributed by atoms with Crippen molar-refractivity contribution in [3.63, 3.8) is 0 Å². The van der Waals surface area contributed by atoms with Crippen molar-refractivity contribution >= 4 is 6.09 Å². The molecule has 168 valence electrons. The molecule has 2 saturated carbocycles. The summed E-state index contributed by atoms with van der Waals surface area (Å²) in [5.74, 6) is -4.08. The monoisotopic (exact) mass is 427 g/mol. The Morgan fingerprint density at radius 2 is 1.93 bits per heavy atom. The second-order valence-corrected chi connectivity index (χ2v) is 10.1. The molecular weight excluding hydrogens is 396 g/mol. The quantitative estimate of drug-likeness (QED) is 0.497. The molecule has 3 unspecified atom stereocenters. The Hall–Kier alpha value is -1.25. The molecule has 8 atom stereocenters. The molecule has 6 nitrogen and oxygen atoms in total. The summed E-state index contributed by atoms with van der Waals surface area (Å²) in [6, 6.07) is 0. The van der Waals surface area contributed by atoms with E-state index in [-0.39, 0.29) is 36.8 Å². The van der Waals surface area contributed by atoms with E-state index < -0.39 is 35.6 Å². The molecular formula is C22H31F2NO5. The maximum Gasteiger partial charge on any atom is 0.410 e. The lowest BCUT2D eigenvalue weighted by Crippen LogP contribution is -2.56. The first kappa shape index (κ1) is 20.6. The number of ether oxygens (including phenoxy) is 4. The molecule has 5 fully saturated rings. The van der Waals surface area contributed by atoms with E-state index in [9.17, 15) is 13.6 Å². The summed E-state index contributed by atoms with van der Waals surface area (Å²) in [7, 11) is 1.63. The van der Waals surface area contributed by atoms with Crippen molar-refractivity contribution < 1.29 is 32.5 Å². The predicted molar refractivity (Wildman–Crippen MR) is 103 cm³/mol.